The number of halogens is 3. The predicted octanol–water partition coefficient (Wildman–Crippen LogP) is 3.97. The molecule has 0 aliphatic carbocycles. The van der Waals surface area contributed by atoms with E-state index in [4.69, 9.17) is 4.74 Å². The van der Waals surface area contributed by atoms with Crippen molar-refractivity contribution in [3.63, 3.8) is 0 Å². The molecular weight excluding hydrogens is 323 g/mol. The molecule has 7 heteroatoms. The van der Waals surface area contributed by atoms with Gasteiger partial charge < -0.3 is 14.8 Å². The molecule has 1 amide bonds. The Labute approximate surface area is 137 Å². The SMILES string of the molecule is CC(OCc1ccccc1)C(=O)Nc1ccc(OC(F)F)c(F)c1. The van der Waals surface area contributed by atoms with E-state index in [9.17, 15) is 18.0 Å². The highest BCUT2D eigenvalue weighted by Gasteiger charge is 2.15. The summed E-state index contributed by atoms with van der Waals surface area (Å²) in [6.45, 7) is -1.31. The lowest BCUT2D eigenvalue weighted by Crippen LogP contribution is -2.27. The molecule has 1 atom stereocenters. The Morgan fingerprint density at radius 3 is 2.50 bits per heavy atom. The van der Waals surface area contributed by atoms with Crippen molar-refractivity contribution in [1.82, 2.24) is 0 Å². The van der Waals surface area contributed by atoms with Gasteiger partial charge in [-0.25, -0.2) is 4.39 Å². The lowest BCUT2D eigenvalue weighted by molar-refractivity contribution is -0.127. The fourth-order valence-corrected chi connectivity index (χ4v) is 1.89. The van der Waals surface area contributed by atoms with Crippen molar-refractivity contribution in [2.75, 3.05) is 5.32 Å². The lowest BCUT2D eigenvalue weighted by atomic mass is 10.2. The van der Waals surface area contributed by atoms with Crippen LogP contribution in [0.5, 0.6) is 5.75 Å². The Morgan fingerprint density at radius 1 is 1.17 bits per heavy atom. The molecule has 0 saturated heterocycles. The summed E-state index contributed by atoms with van der Waals surface area (Å²) in [7, 11) is 0. The number of ether oxygens (including phenoxy) is 2. The summed E-state index contributed by atoms with van der Waals surface area (Å²) in [5, 5.41) is 2.45. The molecule has 0 radical (unpaired) electrons. The zero-order valence-electron chi connectivity index (χ0n) is 12.8. The van der Waals surface area contributed by atoms with Gasteiger partial charge in [0.25, 0.3) is 5.91 Å². The fraction of sp³-hybridized carbons (Fsp3) is 0.235. The molecule has 0 aliphatic heterocycles. The summed E-state index contributed by atoms with van der Waals surface area (Å²) in [4.78, 5) is 12.0. The van der Waals surface area contributed by atoms with Crippen LogP contribution in [0.15, 0.2) is 48.5 Å². The van der Waals surface area contributed by atoms with Gasteiger partial charge in [0, 0.05) is 11.8 Å². The van der Waals surface area contributed by atoms with Crippen LogP contribution in [-0.4, -0.2) is 18.6 Å². The Morgan fingerprint density at radius 2 is 1.88 bits per heavy atom. The minimum Gasteiger partial charge on any atom is -0.432 e. The average molecular weight is 339 g/mol. The second-order valence-electron chi connectivity index (χ2n) is 4.95. The molecule has 0 bridgehead atoms. The third-order valence-corrected chi connectivity index (χ3v) is 3.13. The maximum absolute atomic E-state index is 13.6. The van der Waals surface area contributed by atoms with Crippen LogP contribution < -0.4 is 10.1 Å². The predicted molar refractivity (Wildman–Crippen MR) is 82.4 cm³/mol. The van der Waals surface area contributed by atoms with Gasteiger partial charge in [0.05, 0.1) is 6.61 Å². The van der Waals surface area contributed by atoms with Crippen molar-refractivity contribution >= 4 is 11.6 Å². The van der Waals surface area contributed by atoms with Crippen molar-refractivity contribution in [2.45, 2.75) is 26.2 Å². The van der Waals surface area contributed by atoms with Gasteiger partial charge in [0.1, 0.15) is 6.10 Å². The van der Waals surface area contributed by atoms with Gasteiger partial charge in [0.2, 0.25) is 0 Å². The second-order valence-corrected chi connectivity index (χ2v) is 4.95. The average Bonchev–Trinajstić information content (AvgIpc) is 2.55. The maximum atomic E-state index is 13.6. The Kier molecular flexibility index (Phi) is 6.20. The van der Waals surface area contributed by atoms with Crippen LogP contribution in [0.25, 0.3) is 0 Å². The summed E-state index contributed by atoms with van der Waals surface area (Å²) in [6, 6.07) is 12.5. The van der Waals surface area contributed by atoms with E-state index in [0.29, 0.717) is 0 Å². The van der Waals surface area contributed by atoms with E-state index in [-0.39, 0.29) is 12.3 Å². The molecule has 0 spiro atoms. The molecule has 1 unspecified atom stereocenters. The first kappa shape index (κ1) is 17.8. The zero-order valence-corrected chi connectivity index (χ0v) is 12.8. The van der Waals surface area contributed by atoms with E-state index in [1.54, 1.807) is 6.92 Å². The number of benzene rings is 2. The fourth-order valence-electron chi connectivity index (χ4n) is 1.89. The van der Waals surface area contributed by atoms with Crippen LogP contribution in [0.4, 0.5) is 18.9 Å². The van der Waals surface area contributed by atoms with Crippen molar-refractivity contribution in [1.29, 1.82) is 0 Å². The zero-order chi connectivity index (χ0) is 17.5. The van der Waals surface area contributed by atoms with Crippen molar-refractivity contribution in [3.05, 3.63) is 59.9 Å². The summed E-state index contributed by atoms with van der Waals surface area (Å²) in [6.07, 6.45) is -0.773. The molecule has 0 fully saturated rings. The molecule has 0 saturated carbocycles. The molecule has 128 valence electrons. The second kappa shape index (κ2) is 8.35. The van der Waals surface area contributed by atoms with E-state index < -0.39 is 30.2 Å². The quantitative estimate of drug-likeness (QED) is 0.830. The van der Waals surface area contributed by atoms with Gasteiger partial charge in [-0.3, -0.25) is 4.79 Å². The number of carbonyl (C=O) groups excluding carboxylic acids is 1. The maximum Gasteiger partial charge on any atom is 0.387 e. The summed E-state index contributed by atoms with van der Waals surface area (Å²) >= 11 is 0. The van der Waals surface area contributed by atoms with Gasteiger partial charge in [-0.15, -0.1) is 0 Å². The molecule has 0 heterocycles. The number of carbonyl (C=O) groups is 1. The van der Waals surface area contributed by atoms with Crippen LogP contribution in [0, 0.1) is 5.82 Å². The third-order valence-electron chi connectivity index (χ3n) is 3.13. The van der Waals surface area contributed by atoms with Gasteiger partial charge in [-0.05, 0) is 24.6 Å². The Balaban J connectivity index is 1.90. The largest absolute Gasteiger partial charge is 0.432 e. The summed E-state index contributed by atoms with van der Waals surface area (Å²) in [5.41, 5.74) is 1.03. The van der Waals surface area contributed by atoms with Crippen LogP contribution >= 0.6 is 0 Å². The van der Waals surface area contributed by atoms with E-state index in [1.165, 1.54) is 6.07 Å². The van der Waals surface area contributed by atoms with E-state index in [0.717, 1.165) is 17.7 Å². The standard InChI is InChI=1S/C17H16F3NO3/c1-11(23-10-12-5-3-2-4-6-12)16(22)21-13-7-8-15(14(18)9-13)24-17(19)20/h2-9,11,17H,10H2,1H3,(H,21,22). The summed E-state index contributed by atoms with van der Waals surface area (Å²) < 4.78 is 47.2. The van der Waals surface area contributed by atoms with Gasteiger partial charge >= 0.3 is 6.61 Å². The van der Waals surface area contributed by atoms with Gasteiger partial charge in [0.15, 0.2) is 11.6 Å². The smallest absolute Gasteiger partial charge is 0.387 e. The van der Waals surface area contributed by atoms with Crippen LogP contribution in [-0.2, 0) is 16.1 Å². The number of amides is 1. The number of nitrogens with one attached hydrogen (secondary N) is 1. The third kappa shape index (κ3) is 5.27. The number of hydrogen-bond acceptors (Lipinski definition) is 3. The van der Waals surface area contributed by atoms with Crippen molar-refractivity contribution in [3.8, 4) is 5.75 Å². The first-order valence-corrected chi connectivity index (χ1v) is 7.16. The van der Waals surface area contributed by atoms with Crippen molar-refractivity contribution in [2.24, 2.45) is 0 Å². The summed E-state index contributed by atoms with van der Waals surface area (Å²) in [5.74, 6) is -2.06. The molecule has 4 nitrogen and oxygen atoms in total. The number of alkyl halides is 2. The Hall–Kier alpha value is -2.54. The molecule has 0 aromatic heterocycles. The molecule has 2 aromatic rings. The highest BCUT2D eigenvalue weighted by atomic mass is 19.3. The number of hydrogen-bond donors (Lipinski definition) is 1. The number of rotatable bonds is 7. The van der Waals surface area contributed by atoms with E-state index in [2.05, 4.69) is 10.1 Å². The highest BCUT2D eigenvalue weighted by Crippen LogP contribution is 2.23. The Bertz CT molecular complexity index is 680. The highest BCUT2D eigenvalue weighted by molar-refractivity contribution is 5.93. The minimum atomic E-state index is -3.12. The molecule has 2 rings (SSSR count). The van der Waals surface area contributed by atoms with E-state index in [1.807, 2.05) is 30.3 Å². The molecule has 2 aromatic carbocycles. The topological polar surface area (TPSA) is 47.6 Å². The molecular formula is C17H16F3NO3. The number of anilines is 1. The van der Waals surface area contributed by atoms with Crippen LogP contribution in [0.2, 0.25) is 0 Å². The molecule has 1 N–H and O–H groups in total. The minimum absolute atomic E-state index is 0.120. The van der Waals surface area contributed by atoms with Crippen LogP contribution in [0.1, 0.15) is 12.5 Å². The van der Waals surface area contributed by atoms with Gasteiger partial charge in [-0.1, -0.05) is 30.3 Å². The van der Waals surface area contributed by atoms with Crippen LogP contribution in [0.3, 0.4) is 0 Å². The first-order chi connectivity index (χ1) is 11.5. The molecule has 24 heavy (non-hydrogen) atoms. The van der Waals surface area contributed by atoms with E-state index >= 15 is 0 Å². The first-order valence-electron chi connectivity index (χ1n) is 7.16. The van der Waals surface area contributed by atoms with Gasteiger partial charge in [-0.2, -0.15) is 8.78 Å². The molecule has 0 aliphatic rings. The normalized spacial score (nSPS) is 12.0. The van der Waals surface area contributed by atoms with Crippen molar-refractivity contribution < 1.29 is 27.4 Å². The lowest BCUT2D eigenvalue weighted by Gasteiger charge is -2.14. The monoisotopic (exact) mass is 339 g/mol.